The van der Waals surface area contributed by atoms with Gasteiger partial charge in [-0.2, -0.15) is 0 Å². The SMILES string of the molecule is Cc1cccc(CN(C)C(=O)NC2(C(=O)O)CCC2)n1. The minimum Gasteiger partial charge on any atom is -0.480 e. The largest absolute Gasteiger partial charge is 0.480 e. The number of carbonyl (C=O) groups is 2. The molecule has 2 amide bonds. The predicted octanol–water partition coefficient (Wildman–Crippen LogP) is 1.54. The maximum atomic E-state index is 12.1. The lowest BCUT2D eigenvalue weighted by Crippen LogP contribution is -2.61. The molecule has 0 radical (unpaired) electrons. The Balaban J connectivity index is 1.97. The topological polar surface area (TPSA) is 82.5 Å². The summed E-state index contributed by atoms with van der Waals surface area (Å²) in [5.74, 6) is -0.959. The standard InChI is InChI=1S/C14H19N3O3/c1-10-5-3-6-11(15-10)9-17(2)13(20)16-14(12(18)19)7-4-8-14/h3,5-6H,4,7-9H2,1-2H3,(H,16,20)(H,18,19). The van der Waals surface area contributed by atoms with E-state index in [2.05, 4.69) is 10.3 Å². The van der Waals surface area contributed by atoms with Gasteiger partial charge in [-0.25, -0.2) is 9.59 Å². The minimum absolute atomic E-state index is 0.350. The molecule has 1 fully saturated rings. The number of hydrogen-bond acceptors (Lipinski definition) is 3. The van der Waals surface area contributed by atoms with Crippen molar-refractivity contribution in [3.05, 3.63) is 29.6 Å². The molecule has 6 nitrogen and oxygen atoms in total. The van der Waals surface area contributed by atoms with Gasteiger partial charge in [-0.3, -0.25) is 4.98 Å². The summed E-state index contributed by atoms with van der Waals surface area (Å²) in [6, 6.07) is 5.23. The molecule has 20 heavy (non-hydrogen) atoms. The number of carbonyl (C=O) groups excluding carboxylic acids is 1. The third kappa shape index (κ3) is 2.89. The van der Waals surface area contributed by atoms with Crippen molar-refractivity contribution >= 4 is 12.0 Å². The number of rotatable bonds is 4. The number of pyridine rings is 1. The van der Waals surface area contributed by atoms with E-state index in [1.807, 2.05) is 25.1 Å². The fourth-order valence-corrected chi connectivity index (χ4v) is 2.23. The lowest BCUT2D eigenvalue weighted by Gasteiger charge is -2.39. The first-order chi connectivity index (χ1) is 9.43. The molecular formula is C14H19N3O3. The van der Waals surface area contributed by atoms with Crippen molar-refractivity contribution in [1.82, 2.24) is 15.2 Å². The molecule has 0 saturated heterocycles. The Kier molecular flexibility index (Phi) is 3.92. The molecule has 1 aliphatic rings. The van der Waals surface area contributed by atoms with Crippen LogP contribution in [-0.4, -0.2) is 39.6 Å². The van der Waals surface area contributed by atoms with Crippen LogP contribution in [0, 0.1) is 6.92 Å². The normalized spacial score (nSPS) is 16.1. The van der Waals surface area contributed by atoms with Gasteiger partial charge in [0.2, 0.25) is 0 Å². The number of nitrogens with zero attached hydrogens (tertiary/aromatic N) is 2. The van der Waals surface area contributed by atoms with Gasteiger partial charge < -0.3 is 15.3 Å². The minimum atomic E-state index is -1.08. The summed E-state index contributed by atoms with van der Waals surface area (Å²) < 4.78 is 0. The van der Waals surface area contributed by atoms with Gasteiger partial charge in [0.1, 0.15) is 5.54 Å². The average molecular weight is 277 g/mol. The Morgan fingerprint density at radius 3 is 2.65 bits per heavy atom. The lowest BCUT2D eigenvalue weighted by atomic mass is 9.77. The smallest absolute Gasteiger partial charge is 0.329 e. The van der Waals surface area contributed by atoms with Gasteiger partial charge in [-0.15, -0.1) is 0 Å². The summed E-state index contributed by atoms with van der Waals surface area (Å²) in [6.45, 7) is 2.24. The zero-order valence-electron chi connectivity index (χ0n) is 11.7. The molecule has 1 aromatic heterocycles. The second-order valence-corrected chi connectivity index (χ2v) is 5.30. The van der Waals surface area contributed by atoms with Gasteiger partial charge >= 0.3 is 12.0 Å². The number of carboxylic acid groups (broad SMARTS) is 1. The Labute approximate surface area is 117 Å². The number of urea groups is 1. The summed E-state index contributed by atoms with van der Waals surface area (Å²) in [7, 11) is 1.63. The van der Waals surface area contributed by atoms with Crippen LogP contribution in [0.3, 0.4) is 0 Å². The van der Waals surface area contributed by atoms with Crippen LogP contribution in [0.1, 0.15) is 30.7 Å². The van der Waals surface area contributed by atoms with Crippen LogP contribution in [0.4, 0.5) is 4.79 Å². The molecule has 1 heterocycles. The van der Waals surface area contributed by atoms with Gasteiger partial charge in [0.25, 0.3) is 0 Å². The molecule has 6 heteroatoms. The highest BCUT2D eigenvalue weighted by Crippen LogP contribution is 2.32. The highest BCUT2D eigenvalue weighted by atomic mass is 16.4. The maximum absolute atomic E-state index is 12.1. The van der Waals surface area contributed by atoms with Crippen molar-refractivity contribution < 1.29 is 14.7 Å². The zero-order chi connectivity index (χ0) is 14.8. The van der Waals surface area contributed by atoms with Crippen molar-refractivity contribution in [3.8, 4) is 0 Å². The van der Waals surface area contributed by atoms with E-state index in [1.54, 1.807) is 7.05 Å². The Hall–Kier alpha value is -2.11. The Morgan fingerprint density at radius 1 is 1.45 bits per heavy atom. The predicted molar refractivity (Wildman–Crippen MR) is 73.2 cm³/mol. The summed E-state index contributed by atoms with van der Waals surface area (Å²) in [4.78, 5) is 29.1. The van der Waals surface area contributed by atoms with Crippen molar-refractivity contribution in [3.63, 3.8) is 0 Å². The number of carboxylic acids is 1. The molecule has 108 valence electrons. The third-order valence-electron chi connectivity index (χ3n) is 3.65. The zero-order valence-corrected chi connectivity index (χ0v) is 11.7. The monoisotopic (exact) mass is 277 g/mol. The number of hydrogen-bond donors (Lipinski definition) is 2. The van der Waals surface area contributed by atoms with Gasteiger partial charge in [-0.1, -0.05) is 6.07 Å². The number of nitrogens with one attached hydrogen (secondary N) is 1. The molecule has 1 saturated carbocycles. The summed E-state index contributed by atoms with van der Waals surface area (Å²) in [6.07, 6.45) is 1.81. The fraction of sp³-hybridized carbons (Fsp3) is 0.500. The molecule has 1 aromatic rings. The fourth-order valence-electron chi connectivity index (χ4n) is 2.23. The molecule has 0 atom stereocenters. The van der Waals surface area contributed by atoms with Gasteiger partial charge in [0, 0.05) is 12.7 Å². The van der Waals surface area contributed by atoms with E-state index in [-0.39, 0.29) is 6.03 Å². The van der Waals surface area contributed by atoms with Crippen LogP contribution in [-0.2, 0) is 11.3 Å². The van der Waals surface area contributed by atoms with Crippen LogP contribution in [0.2, 0.25) is 0 Å². The molecule has 2 N–H and O–H groups in total. The molecule has 2 rings (SSSR count). The molecule has 0 bridgehead atoms. The maximum Gasteiger partial charge on any atom is 0.329 e. The first kappa shape index (κ1) is 14.3. The van der Waals surface area contributed by atoms with Gasteiger partial charge in [0.05, 0.1) is 12.2 Å². The highest BCUT2D eigenvalue weighted by molar-refractivity contribution is 5.87. The first-order valence-electron chi connectivity index (χ1n) is 6.62. The molecular weight excluding hydrogens is 258 g/mol. The van der Waals surface area contributed by atoms with Gasteiger partial charge in [0.15, 0.2) is 0 Å². The quantitative estimate of drug-likeness (QED) is 0.874. The van der Waals surface area contributed by atoms with Crippen molar-refractivity contribution in [2.24, 2.45) is 0 Å². The summed E-state index contributed by atoms with van der Waals surface area (Å²) >= 11 is 0. The summed E-state index contributed by atoms with van der Waals surface area (Å²) in [5.41, 5.74) is 0.587. The number of aryl methyl sites for hydroxylation is 1. The van der Waals surface area contributed by atoms with Crippen molar-refractivity contribution in [1.29, 1.82) is 0 Å². The third-order valence-corrected chi connectivity index (χ3v) is 3.65. The van der Waals surface area contributed by atoms with Crippen LogP contribution in [0.25, 0.3) is 0 Å². The molecule has 0 spiro atoms. The van der Waals surface area contributed by atoms with E-state index in [0.29, 0.717) is 19.4 Å². The number of aliphatic carboxylic acids is 1. The molecule has 0 aliphatic heterocycles. The first-order valence-corrected chi connectivity index (χ1v) is 6.62. The summed E-state index contributed by atoms with van der Waals surface area (Å²) in [5, 5.41) is 11.8. The van der Waals surface area contributed by atoms with E-state index in [4.69, 9.17) is 0 Å². The van der Waals surface area contributed by atoms with Crippen molar-refractivity contribution in [2.45, 2.75) is 38.3 Å². The number of aromatic nitrogens is 1. The van der Waals surface area contributed by atoms with E-state index >= 15 is 0 Å². The van der Waals surface area contributed by atoms with E-state index in [0.717, 1.165) is 17.8 Å². The van der Waals surface area contributed by atoms with Crippen LogP contribution in [0.5, 0.6) is 0 Å². The Morgan fingerprint density at radius 2 is 2.15 bits per heavy atom. The molecule has 1 aliphatic carbocycles. The van der Waals surface area contributed by atoms with Crippen LogP contribution >= 0.6 is 0 Å². The second-order valence-electron chi connectivity index (χ2n) is 5.30. The van der Waals surface area contributed by atoms with Gasteiger partial charge in [-0.05, 0) is 38.3 Å². The number of amides is 2. The van der Waals surface area contributed by atoms with E-state index in [9.17, 15) is 14.7 Å². The van der Waals surface area contributed by atoms with Crippen molar-refractivity contribution in [2.75, 3.05) is 7.05 Å². The Bertz CT molecular complexity index is 526. The van der Waals surface area contributed by atoms with E-state index < -0.39 is 11.5 Å². The second kappa shape index (κ2) is 5.48. The van der Waals surface area contributed by atoms with E-state index in [1.165, 1.54) is 4.90 Å². The molecule has 0 unspecified atom stereocenters. The highest BCUT2D eigenvalue weighted by Gasteiger charge is 2.46. The van der Waals surface area contributed by atoms with Crippen LogP contribution < -0.4 is 5.32 Å². The van der Waals surface area contributed by atoms with Crippen LogP contribution in [0.15, 0.2) is 18.2 Å². The molecule has 0 aromatic carbocycles. The average Bonchev–Trinajstić information content (AvgIpc) is 2.32. The lowest BCUT2D eigenvalue weighted by molar-refractivity contribution is -0.148.